The first-order valence-electron chi connectivity index (χ1n) is 4.09. The molecule has 0 saturated heterocycles. The van der Waals surface area contributed by atoms with Crippen molar-refractivity contribution >= 4 is 12.4 Å². The Morgan fingerprint density at radius 3 is 2.57 bits per heavy atom. The number of ether oxygens (including phenoxy) is 1. The number of hydrogen-bond acceptors (Lipinski definition) is 3. The SMILES string of the molecule is CC(=O)NC(O[C]=O)c1ccccc1. The fraction of sp³-hybridized carbons (Fsp3) is 0.200. The molecule has 1 unspecified atom stereocenters. The molecule has 0 saturated carbocycles. The van der Waals surface area contributed by atoms with E-state index < -0.39 is 6.23 Å². The average Bonchev–Trinajstić information content (AvgIpc) is 2.18. The summed E-state index contributed by atoms with van der Waals surface area (Å²) in [4.78, 5) is 20.9. The summed E-state index contributed by atoms with van der Waals surface area (Å²) in [5.74, 6) is -0.269. The number of hydrogen-bond donors (Lipinski definition) is 1. The Kier molecular flexibility index (Phi) is 3.67. The highest BCUT2D eigenvalue weighted by atomic mass is 16.5. The van der Waals surface area contributed by atoms with Gasteiger partial charge in [-0.05, 0) is 0 Å². The molecule has 1 radical (unpaired) electrons. The highest BCUT2D eigenvalue weighted by Gasteiger charge is 2.12. The van der Waals surface area contributed by atoms with E-state index in [1.54, 1.807) is 24.3 Å². The fourth-order valence-corrected chi connectivity index (χ4v) is 1.04. The van der Waals surface area contributed by atoms with Crippen LogP contribution in [0.2, 0.25) is 0 Å². The summed E-state index contributed by atoms with van der Waals surface area (Å²) in [6.45, 7) is 2.66. The molecule has 1 N–H and O–H groups in total. The third kappa shape index (κ3) is 2.90. The maximum Gasteiger partial charge on any atom is 0.419 e. The minimum absolute atomic E-state index is 0.269. The molecule has 73 valence electrons. The van der Waals surface area contributed by atoms with E-state index in [-0.39, 0.29) is 5.91 Å². The highest BCUT2D eigenvalue weighted by molar-refractivity contribution is 5.73. The minimum atomic E-state index is -0.758. The molecule has 1 aromatic carbocycles. The highest BCUT2D eigenvalue weighted by Crippen LogP contribution is 2.12. The minimum Gasteiger partial charge on any atom is -0.429 e. The van der Waals surface area contributed by atoms with Crippen LogP contribution in [-0.2, 0) is 14.3 Å². The van der Waals surface area contributed by atoms with Crippen molar-refractivity contribution < 1.29 is 14.3 Å². The monoisotopic (exact) mass is 192 g/mol. The fourth-order valence-electron chi connectivity index (χ4n) is 1.04. The molecule has 4 nitrogen and oxygen atoms in total. The number of amides is 1. The Morgan fingerprint density at radius 2 is 2.07 bits per heavy atom. The van der Waals surface area contributed by atoms with Gasteiger partial charge in [0, 0.05) is 12.5 Å². The van der Waals surface area contributed by atoms with Gasteiger partial charge in [0.2, 0.25) is 12.1 Å². The first-order valence-corrected chi connectivity index (χ1v) is 4.09. The van der Waals surface area contributed by atoms with E-state index in [4.69, 9.17) is 0 Å². The molecule has 0 aliphatic rings. The lowest BCUT2D eigenvalue weighted by Gasteiger charge is -2.14. The van der Waals surface area contributed by atoms with Crippen molar-refractivity contribution in [2.75, 3.05) is 0 Å². The van der Waals surface area contributed by atoms with Crippen molar-refractivity contribution in [2.45, 2.75) is 13.2 Å². The number of carbonyl (C=O) groups is 1. The summed E-state index contributed by atoms with van der Waals surface area (Å²) in [7, 11) is 0. The summed E-state index contributed by atoms with van der Waals surface area (Å²) >= 11 is 0. The molecule has 1 atom stereocenters. The second-order valence-electron chi connectivity index (χ2n) is 2.69. The third-order valence-corrected chi connectivity index (χ3v) is 1.60. The molecule has 0 spiro atoms. The topological polar surface area (TPSA) is 55.4 Å². The van der Waals surface area contributed by atoms with E-state index in [0.717, 1.165) is 0 Å². The maximum atomic E-state index is 10.8. The summed E-state index contributed by atoms with van der Waals surface area (Å²) in [6, 6.07) is 8.91. The van der Waals surface area contributed by atoms with Gasteiger partial charge in [-0.15, -0.1) is 0 Å². The van der Waals surface area contributed by atoms with E-state index in [1.165, 1.54) is 13.4 Å². The van der Waals surface area contributed by atoms with E-state index in [0.29, 0.717) is 5.56 Å². The summed E-state index contributed by atoms with van der Waals surface area (Å²) in [5.41, 5.74) is 0.700. The molecule has 0 aromatic heterocycles. The zero-order chi connectivity index (χ0) is 10.4. The van der Waals surface area contributed by atoms with Crippen molar-refractivity contribution in [2.24, 2.45) is 0 Å². The second-order valence-corrected chi connectivity index (χ2v) is 2.69. The van der Waals surface area contributed by atoms with Crippen LogP contribution in [0.4, 0.5) is 0 Å². The van der Waals surface area contributed by atoms with Crippen LogP contribution in [0.5, 0.6) is 0 Å². The van der Waals surface area contributed by atoms with Crippen LogP contribution in [0.15, 0.2) is 30.3 Å². The van der Waals surface area contributed by atoms with Gasteiger partial charge in [0.05, 0.1) is 0 Å². The zero-order valence-electron chi connectivity index (χ0n) is 7.69. The van der Waals surface area contributed by atoms with Crippen LogP contribution in [0.25, 0.3) is 0 Å². The number of rotatable bonds is 4. The van der Waals surface area contributed by atoms with Gasteiger partial charge < -0.3 is 10.1 Å². The molecule has 0 bridgehead atoms. The van der Waals surface area contributed by atoms with Gasteiger partial charge in [-0.3, -0.25) is 4.79 Å². The lowest BCUT2D eigenvalue weighted by atomic mass is 10.2. The second kappa shape index (κ2) is 5.01. The van der Waals surface area contributed by atoms with Gasteiger partial charge in [0.1, 0.15) is 0 Å². The Labute approximate surface area is 81.9 Å². The molecular formula is C10H10NO3. The number of nitrogens with one attached hydrogen (secondary N) is 1. The van der Waals surface area contributed by atoms with Crippen LogP contribution in [0.3, 0.4) is 0 Å². The number of benzene rings is 1. The molecule has 0 fully saturated rings. The molecule has 0 heterocycles. The van der Waals surface area contributed by atoms with Crippen LogP contribution >= 0.6 is 0 Å². The predicted molar refractivity (Wildman–Crippen MR) is 49.8 cm³/mol. The van der Waals surface area contributed by atoms with Crippen molar-refractivity contribution in [3.63, 3.8) is 0 Å². The van der Waals surface area contributed by atoms with Gasteiger partial charge in [-0.25, -0.2) is 4.79 Å². The normalized spacial score (nSPS) is 11.5. The Hall–Kier alpha value is -1.84. The van der Waals surface area contributed by atoms with Gasteiger partial charge >= 0.3 is 6.47 Å². The molecule has 14 heavy (non-hydrogen) atoms. The number of carbonyl (C=O) groups excluding carboxylic acids is 2. The van der Waals surface area contributed by atoms with E-state index >= 15 is 0 Å². The molecule has 0 aliphatic carbocycles. The van der Waals surface area contributed by atoms with Gasteiger partial charge in [0.25, 0.3) is 0 Å². The molecule has 1 rings (SSSR count). The standard InChI is InChI=1S/C10H10NO3/c1-8(13)11-10(14-7-12)9-5-3-2-4-6-9/h2-6,10H,1H3,(H,11,13). The molecule has 1 aromatic rings. The van der Waals surface area contributed by atoms with E-state index in [2.05, 4.69) is 10.1 Å². The lowest BCUT2D eigenvalue weighted by molar-refractivity contribution is -0.121. The van der Waals surface area contributed by atoms with Crippen molar-refractivity contribution in [3.8, 4) is 0 Å². The van der Waals surface area contributed by atoms with Crippen molar-refractivity contribution in [1.29, 1.82) is 0 Å². The predicted octanol–water partition coefficient (Wildman–Crippen LogP) is 0.905. The van der Waals surface area contributed by atoms with Crippen LogP contribution in [0, 0.1) is 0 Å². The maximum absolute atomic E-state index is 10.8. The quantitative estimate of drug-likeness (QED) is 0.721. The van der Waals surface area contributed by atoms with E-state index in [1.807, 2.05) is 6.07 Å². The third-order valence-electron chi connectivity index (χ3n) is 1.60. The largest absolute Gasteiger partial charge is 0.429 e. The molecule has 0 aliphatic heterocycles. The smallest absolute Gasteiger partial charge is 0.419 e. The Bertz CT molecular complexity index is 310. The first kappa shape index (κ1) is 10.2. The summed E-state index contributed by atoms with van der Waals surface area (Å²) in [5, 5.41) is 2.47. The summed E-state index contributed by atoms with van der Waals surface area (Å²) < 4.78 is 4.60. The van der Waals surface area contributed by atoms with Crippen molar-refractivity contribution in [3.05, 3.63) is 35.9 Å². The van der Waals surface area contributed by atoms with Crippen LogP contribution in [-0.4, -0.2) is 12.4 Å². The Morgan fingerprint density at radius 1 is 1.43 bits per heavy atom. The van der Waals surface area contributed by atoms with Crippen LogP contribution in [0.1, 0.15) is 18.7 Å². The van der Waals surface area contributed by atoms with Crippen LogP contribution < -0.4 is 5.32 Å². The molecule has 1 amide bonds. The molecular weight excluding hydrogens is 182 g/mol. The van der Waals surface area contributed by atoms with E-state index in [9.17, 15) is 9.59 Å². The molecule has 4 heteroatoms. The first-order chi connectivity index (χ1) is 6.74. The Balaban J connectivity index is 2.77. The lowest BCUT2D eigenvalue weighted by Crippen LogP contribution is -2.27. The zero-order valence-corrected chi connectivity index (χ0v) is 7.69. The summed E-state index contributed by atoms with van der Waals surface area (Å²) in [6.07, 6.45) is -0.758. The van der Waals surface area contributed by atoms with Crippen molar-refractivity contribution in [1.82, 2.24) is 5.32 Å². The van der Waals surface area contributed by atoms with Gasteiger partial charge in [-0.2, -0.15) is 0 Å². The van der Waals surface area contributed by atoms with Gasteiger partial charge in [0.15, 0.2) is 0 Å². The van der Waals surface area contributed by atoms with Gasteiger partial charge in [-0.1, -0.05) is 30.3 Å². The average molecular weight is 192 g/mol.